The van der Waals surface area contributed by atoms with Gasteiger partial charge in [0, 0.05) is 12.6 Å². The van der Waals surface area contributed by atoms with Gasteiger partial charge >= 0.3 is 5.97 Å². The van der Waals surface area contributed by atoms with Crippen molar-refractivity contribution in [1.29, 1.82) is 0 Å². The number of carbonyl (C=O) groups excluding carboxylic acids is 2. The molecule has 29 heavy (non-hydrogen) atoms. The maximum absolute atomic E-state index is 12.6. The van der Waals surface area contributed by atoms with Crippen molar-refractivity contribution in [3.05, 3.63) is 69.1 Å². The molecule has 1 aromatic carbocycles. The molecule has 1 aromatic heterocycles. The van der Waals surface area contributed by atoms with Crippen LogP contribution in [-0.2, 0) is 16.0 Å². The first kappa shape index (κ1) is 22.5. The number of benzene rings is 1. The van der Waals surface area contributed by atoms with E-state index in [0.717, 1.165) is 5.56 Å². The molecule has 0 spiro atoms. The summed E-state index contributed by atoms with van der Waals surface area (Å²) in [4.78, 5) is 50.2. The maximum Gasteiger partial charge on any atom is 0.326 e. The van der Waals surface area contributed by atoms with Crippen LogP contribution < -0.4 is 16.2 Å². The monoisotopic (exact) mass is 437 g/mol. The number of hydrogen-bond acceptors (Lipinski definition) is 5. The molecule has 2 atom stereocenters. The summed E-state index contributed by atoms with van der Waals surface area (Å²) in [5.41, 5.74) is 0.265. The lowest BCUT2D eigenvalue weighted by Crippen LogP contribution is -2.52. The number of amides is 2. The fourth-order valence-corrected chi connectivity index (χ4v) is 2.98. The predicted molar refractivity (Wildman–Crippen MR) is 112 cm³/mol. The van der Waals surface area contributed by atoms with Crippen LogP contribution in [0.4, 0.5) is 0 Å². The van der Waals surface area contributed by atoms with Gasteiger partial charge in [-0.2, -0.15) is 12.6 Å². The molecule has 2 aromatic rings. The average Bonchev–Trinajstić information content (AvgIpc) is 2.69. The molecule has 2 amide bonds. The molecule has 0 radical (unpaired) electrons. The number of pyridine rings is 1. The molecule has 1 heterocycles. The molecule has 0 aliphatic rings. The highest BCUT2D eigenvalue weighted by atomic mass is 35.5. The summed E-state index contributed by atoms with van der Waals surface area (Å²) in [6.45, 7) is 0. The molecule has 0 bridgehead atoms. The number of nitrogens with one attached hydrogen (secondary N) is 3. The average molecular weight is 438 g/mol. The van der Waals surface area contributed by atoms with E-state index in [4.69, 9.17) is 11.6 Å². The van der Waals surface area contributed by atoms with E-state index >= 15 is 0 Å². The summed E-state index contributed by atoms with van der Waals surface area (Å²) in [6.07, 6.45) is 1.45. The highest BCUT2D eigenvalue weighted by molar-refractivity contribution is 7.80. The summed E-state index contributed by atoms with van der Waals surface area (Å²) >= 11 is 9.81. The quantitative estimate of drug-likeness (QED) is 0.377. The van der Waals surface area contributed by atoms with Crippen LogP contribution in [0, 0.1) is 0 Å². The maximum atomic E-state index is 12.6. The van der Waals surface area contributed by atoms with Crippen LogP contribution in [0.15, 0.2) is 47.4 Å². The molecule has 8 nitrogen and oxygen atoms in total. The van der Waals surface area contributed by atoms with Crippen molar-refractivity contribution in [3.8, 4) is 0 Å². The van der Waals surface area contributed by atoms with Crippen molar-refractivity contribution < 1.29 is 19.5 Å². The summed E-state index contributed by atoms with van der Waals surface area (Å²) in [5, 5.41) is 14.3. The van der Waals surface area contributed by atoms with Crippen LogP contribution in [-0.4, -0.2) is 45.7 Å². The third-order valence-corrected chi connectivity index (χ3v) is 4.60. The topological polar surface area (TPSA) is 128 Å². The minimum Gasteiger partial charge on any atom is -0.480 e. The van der Waals surface area contributed by atoms with Gasteiger partial charge in [0.25, 0.3) is 11.5 Å². The molecule has 0 aliphatic carbocycles. The van der Waals surface area contributed by atoms with Crippen molar-refractivity contribution in [2.24, 2.45) is 0 Å². The molecule has 10 heteroatoms. The van der Waals surface area contributed by atoms with Crippen LogP contribution >= 0.6 is 24.2 Å². The molecular weight excluding hydrogens is 418 g/mol. The van der Waals surface area contributed by atoms with E-state index in [2.05, 4.69) is 28.2 Å². The fourth-order valence-electron chi connectivity index (χ4n) is 2.55. The van der Waals surface area contributed by atoms with E-state index in [1.807, 2.05) is 0 Å². The highest BCUT2D eigenvalue weighted by Crippen LogP contribution is 2.07. The molecule has 0 aliphatic heterocycles. The van der Waals surface area contributed by atoms with Gasteiger partial charge in [-0.15, -0.1) is 0 Å². The molecule has 0 saturated heterocycles. The molecule has 154 valence electrons. The number of rotatable bonds is 9. The van der Waals surface area contributed by atoms with E-state index in [1.165, 1.54) is 12.3 Å². The van der Waals surface area contributed by atoms with E-state index in [1.54, 1.807) is 30.3 Å². The van der Waals surface area contributed by atoms with Crippen LogP contribution in [0.3, 0.4) is 0 Å². The zero-order chi connectivity index (χ0) is 21.4. The molecule has 2 rings (SSSR count). The van der Waals surface area contributed by atoms with Crippen molar-refractivity contribution in [2.45, 2.75) is 24.9 Å². The fraction of sp³-hybridized carbons (Fsp3) is 0.263. The van der Waals surface area contributed by atoms with Gasteiger partial charge < -0.3 is 20.7 Å². The van der Waals surface area contributed by atoms with E-state index in [-0.39, 0.29) is 29.2 Å². The smallest absolute Gasteiger partial charge is 0.326 e. The first-order valence-electron chi connectivity index (χ1n) is 8.69. The Bertz CT molecular complexity index is 935. The Labute approximate surface area is 177 Å². The molecule has 1 unspecified atom stereocenters. The Kier molecular flexibility index (Phi) is 8.29. The van der Waals surface area contributed by atoms with Gasteiger partial charge in [-0.1, -0.05) is 41.9 Å². The van der Waals surface area contributed by atoms with Crippen LogP contribution in [0.2, 0.25) is 5.02 Å². The van der Waals surface area contributed by atoms with Crippen molar-refractivity contribution in [3.63, 3.8) is 0 Å². The second kappa shape index (κ2) is 10.7. The zero-order valence-corrected chi connectivity index (χ0v) is 16.9. The van der Waals surface area contributed by atoms with Crippen LogP contribution in [0.25, 0.3) is 0 Å². The van der Waals surface area contributed by atoms with E-state index < -0.39 is 35.4 Å². The Balaban J connectivity index is 2.10. The minimum atomic E-state index is -1.19. The lowest BCUT2D eigenvalue weighted by molar-refractivity contribution is -0.142. The van der Waals surface area contributed by atoms with Gasteiger partial charge in [-0.3, -0.25) is 14.4 Å². The zero-order valence-electron chi connectivity index (χ0n) is 15.2. The second-order valence-electron chi connectivity index (χ2n) is 6.19. The normalized spacial score (nSPS) is 12.6. The number of aliphatic carboxylic acids is 1. The summed E-state index contributed by atoms with van der Waals surface area (Å²) in [6, 6.07) is 7.88. The Hall–Kier alpha value is -2.78. The Morgan fingerprint density at radius 1 is 1.14 bits per heavy atom. The van der Waals surface area contributed by atoms with Gasteiger partial charge in [0.1, 0.15) is 17.1 Å². The number of hydrogen-bond donors (Lipinski definition) is 5. The summed E-state index contributed by atoms with van der Waals surface area (Å²) < 4.78 is 0. The Morgan fingerprint density at radius 2 is 1.83 bits per heavy atom. The lowest BCUT2D eigenvalue weighted by atomic mass is 10.1. The molecule has 0 saturated carbocycles. The predicted octanol–water partition coefficient (Wildman–Crippen LogP) is 1.26. The number of carbonyl (C=O) groups is 3. The third-order valence-electron chi connectivity index (χ3n) is 4.06. The standard InChI is InChI=1S/C19H20ClN3O5S/c20-13-9-12(10-21-17(13)25)16(24)22-14(6-7-29)18(26)23-15(19(27)28)8-11-4-2-1-3-5-11/h1-5,9-10,14-15,29H,6-8H2,(H,21,25)(H,22,24)(H,23,26)(H,27,28)/t14?,15-/m1/s1. The number of aromatic amines is 1. The lowest BCUT2D eigenvalue weighted by Gasteiger charge is -2.21. The van der Waals surface area contributed by atoms with Crippen LogP contribution in [0.1, 0.15) is 22.3 Å². The third kappa shape index (κ3) is 6.65. The molecular formula is C19H20ClN3O5S. The van der Waals surface area contributed by atoms with Gasteiger partial charge in [-0.05, 0) is 23.8 Å². The number of H-pyrrole nitrogens is 1. The molecule has 0 fully saturated rings. The van der Waals surface area contributed by atoms with Crippen molar-refractivity contribution in [2.75, 3.05) is 5.75 Å². The first-order valence-corrected chi connectivity index (χ1v) is 9.70. The van der Waals surface area contributed by atoms with Crippen molar-refractivity contribution >= 4 is 42.0 Å². The van der Waals surface area contributed by atoms with E-state index in [0.29, 0.717) is 0 Å². The van der Waals surface area contributed by atoms with Gasteiger partial charge in [0.15, 0.2) is 0 Å². The second-order valence-corrected chi connectivity index (χ2v) is 7.05. The number of aromatic nitrogens is 1. The van der Waals surface area contributed by atoms with Gasteiger partial charge in [-0.25, -0.2) is 4.79 Å². The first-order chi connectivity index (χ1) is 13.8. The van der Waals surface area contributed by atoms with E-state index in [9.17, 15) is 24.3 Å². The number of carboxylic acids is 1. The largest absolute Gasteiger partial charge is 0.480 e. The van der Waals surface area contributed by atoms with Gasteiger partial charge in [0.2, 0.25) is 5.91 Å². The van der Waals surface area contributed by atoms with Crippen molar-refractivity contribution in [1.82, 2.24) is 15.6 Å². The molecule has 4 N–H and O–H groups in total. The minimum absolute atomic E-state index is 0.0608. The SMILES string of the molecule is O=C(NC(CCS)C(=O)N[C@H](Cc1ccccc1)C(=O)O)c1c[nH]c(=O)c(Cl)c1. The van der Waals surface area contributed by atoms with Crippen LogP contribution in [0.5, 0.6) is 0 Å². The Morgan fingerprint density at radius 3 is 2.41 bits per heavy atom. The van der Waals surface area contributed by atoms with Gasteiger partial charge in [0.05, 0.1) is 5.56 Å². The summed E-state index contributed by atoms with van der Waals surface area (Å²) in [5.74, 6) is -2.20. The number of carboxylic acid groups (broad SMARTS) is 1. The number of thiol groups is 1. The number of halogens is 1. The highest BCUT2D eigenvalue weighted by Gasteiger charge is 2.26. The summed E-state index contributed by atoms with van der Waals surface area (Å²) in [7, 11) is 0.